The Kier molecular flexibility index (Phi) is 3.03. The molecule has 22 heavy (non-hydrogen) atoms. The van der Waals surface area contributed by atoms with E-state index < -0.39 is 5.60 Å². The number of hydrogen-bond acceptors (Lipinski definition) is 2. The lowest BCUT2D eigenvalue weighted by Gasteiger charge is -2.59. The van der Waals surface area contributed by atoms with Crippen molar-refractivity contribution >= 4 is 5.78 Å². The van der Waals surface area contributed by atoms with Crippen LogP contribution in [0.2, 0.25) is 0 Å². The van der Waals surface area contributed by atoms with Gasteiger partial charge in [0, 0.05) is 6.42 Å². The summed E-state index contributed by atoms with van der Waals surface area (Å²) in [6.45, 7) is 6.82. The standard InChI is InChI=1S/C20H30O2/c1-18-9-6-14(21)12-13(18)4-5-15-16(18)7-10-19(2)17(15)8-11-20(19,3)22/h6,9,13,15-17,22H,4-5,7-8,10-12H2,1-3H3/t13-,15+,16+,17+,18-,19-,20-/m0/s1. The minimum absolute atomic E-state index is 0.103. The van der Waals surface area contributed by atoms with Crippen molar-refractivity contribution in [1.29, 1.82) is 0 Å². The molecule has 0 amide bonds. The van der Waals surface area contributed by atoms with Crippen molar-refractivity contribution in [3.8, 4) is 0 Å². The Morgan fingerprint density at radius 3 is 2.55 bits per heavy atom. The van der Waals surface area contributed by atoms with E-state index in [0.29, 0.717) is 23.5 Å². The molecular formula is C20H30O2. The van der Waals surface area contributed by atoms with E-state index in [-0.39, 0.29) is 10.8 Å². The molecule has 0 unspecified atom stereocenters. The molecule has 0 radical (unpaired) electrons. The molecule has 4 rings (SSSR count). The summed E-state index contributed by atoms with van der Waals surface area (Å²) in [6, 6.07) is 0. The zero-order valence-electron chi connectivity index (χ0n) is 14.3. The van der Waals surface area contributed by atoms with E-state index >= 15 is 0 Å². The van der Waals surface area contributed by atoms with Crippen LogP contribution in [0.4, 0.5) is 0 Å². The Labute approximate surface area is 134 Å². The maximum absolute atomic E-state index is 11.8. The first-order valence-electron chi connectivity index (χ1n) is 9.22. The van der Waals surface area contributed by atoms with Gasteiger partial charge >= 0.3 is 0 Å². The maximum atomic E-state index is 11.8. The molecule has 0 aromatic carbocycles. The van der Waals surface area contributed by atoms with E-state index in [2.05, 4.69) is 26.8 Å². The molecule has 0 bridgehead atoms. The molecule has 0 heterocycles. The van der Waals surface area contributed by atoms with Gasteiger partial charge in [-0.1, -0.05) is 19.9 Å². The van der Waals surface area contributed by atoms with Crippen molar-refractivity contribution < 1.29 is 9.90 Å². The van der Waals surface area contributed by atoms with Crippen LogP contribution in [0, 0.1) is 34.5 Å². The van der Waals surface area contributed by atoms with Gasteiger partial charge < -0.3 is 5.11 Å². The molecule has 2 nitrogen and oxygen atoms in total. The third kappa shape index (κ3) is 1.74. The normalized spacial score (nSPS) is 57.2. The molecule has 0 aliphatic heterocycles. The first-order valence-corrected chi connectivity index (χ1v) is 9.22. The number of carbonyl (C=O) groups excluding carboxylic acids is 1. The highest BCUT2D eigenvalue weighted by atomic mass is 16.3. The summed E-state index contributed by atoms with van der Waals surface area (Å²) in [5, 5.41) is 10.9. The highest BCUT2D eigenvalue weighted by molar-refractivity contribution is 5.91. The molecule has 2 heteroatoms. The van der Waals surface area contributed by atoms with Crippen molar-refractivity contribution in [2.45, 2.75) is 71.3 Å². The average Bonchev–Trinajstić information content (AvgIpc) is 2.70. The van der Waals surface area contributed by atoms with Crippen molar-refractivity contribution in [2.24, 2.45) is 34.5 Å². The monoisotopic (exact) mass is 302 g/mol. The highest BCUT2D eigenvalue weighted by Crippen LogP contribution is 2.67. The van der Waals surface area contributed by atoms with E-state index in [1.807, 2.05) is 6.08 Å². The fourth-order valence-electron chi connectivity index (χ4n) is 6.88. The molecule has 7 atom stereocenters. The van der Waals surface area contributed by atoms with Crippen LogP contribution in [0.3, 0.4) is 0 Å². The summed E-state index contributed by atoms with van der Waals surface area (Å²) in [5.74, 6) is 3.00. The van der Waals surface area contributed by atoms with Crippen LogP contribution in [-0.2, 0) is 4.79 Å². The Morgan fingerprint density at radius 1 is 1.05 bits per heavy atom. The molecule has 122 valence electrons. The minimum atomic E-state index is -0.487. The van der Waals surface area contributed by atoms with Gasteiger partial charge in [-0.3, -0.25) is 4.79 Å². The lowest BCUT2D eigenvalue weighted by atomic mass is 9.45. The van der Waals surface area contributed by atoms with Crippen LogP contribution in [0.15, 0.2) is 12.2 Å². The zero-order chi connectivity index (χ0) is 15.8. The van der Waals surface area contributed by atoms with Crippen molar-refractivity contribution in [2.75, 3.05) is 0 Å². The first kappa shape index (κ1) is 14.9. The molecular weight excluding hydrogens is 272 g/mol. The van der Waals surface area contributed by atoms with Gasteiger partial charge in [0.25, 0.3) is 0 Å². The predicted octanol–water partition coefficient (Wildman–Crippen LogP) is 4.13. The smallest absolute Gasteiger partial charge is 0.155 e. The average molecular weight is 302 g/mol. The second-order valence-electron chi connectivity index (χ2n) is 9.29. The van der Waals surface area contributed by atoms with E-state index in [1.165, 1.54) is 25.7 Å². The fourth-order valence-corrected chi connectivity index (χ4v) is 6.88. The number of carbonyl (C=O) groups is 1. The predicted molar refractivity (Wildman–Crippen MR) is 87.3 cm³/mol. The Hall–Kier alpha value is -0.630. The van der Waals surface area contributed by atoms with Gasteiger partial charge in [0.1, 0.15) is 0 Å². The zero-order valence-corrected chi connectivity index (χ0v) is 14.3. The summed E-state index contributed by atoms with van der Waals surface area (Å²) in [4.78, 5) is 11.8. The summed E-state index contributed by atoms with van der Waals surface area (Å²) >= 11 is 0. The maximum Gasteiger partial charge on any atom is 0.155 e. The van der Waals surface area contributed by atoms with Gasteiger partial charge in [-0.15, -0.1) is 0 Å². The third-order valence-corrected chi connectivity index (χ3v) is 8.60. The van der Waals surface area contributed by atoms with Gasteiger partial charge in [0.2, 0.25) is 0 Å². The molecule has 4 aliphatic rings. The summed E-state index contributed by atoms with van der Waals surface area (Å²) in [7, 11) is 0. The van der Waals surface area contributed by atoms with Gasteiger partial charge in [-0.05, 0) is 86.0 Å². The first-order chi connectivity index (χ1) is 10.3. The van der Waals surface area contributed by atoms with Crippen LogP contribution in [0.1, 0.15) is 65.7 Å². The summed E-state index contributed by atoms with van der Waals surface area (Å²) < 4.78 is 0. The largest absolute Gasteiger partial charge is 0.390 e. The van der Waals surface area contributed by atoms with E-state index in [1.54, 1.807) is 0 Å². The van der Waals surface area contributed by atoms with Gasteiger partial charge in [0.05, 0.1) is 5.60 Å². The number of fused-ring (bicyclic) bond motifs is 5. The number of hydrogen-bond donors (Lipinski definition) is 1. The van der Waals surface area contributed by atoms with Gasteiger partial charge in [-0.2, -0.15) is 0 Å². The van der Waals surface area contributed by atoms with Crippen molar-refractivity contribution in [3.05, 3.63) is 12.2 Å². The van der Waals surface area contributed by atoms with Crippen LogP contribution in [0.5, 0.6) is 0 Å². The molecule has 0 aromatic heterocycles. The number of ketones is 1. The third-order valence-electron chi connectivity index (χ3n) is 8.60. The van der Waals surface area contributed by atoms with Crippen LogP contribution in [0.25, 0.3) is 0 Å². The van der Waals surface area contributed by atoms with Crippen molar-refractivity contribution in [1.82, 2.24) is 0 Å². The molecule has 3 saturated carbocycles. The number of allylic oxidation sites excluding steroid dienone is 2. The molecule has 1 N–H and O–H groups in total. The Bertz CT molecular complexity index is 534. The highest BCUT2D eigenvalue weighted by Gasteiger charge is 2.62. The molecule has 0 spiro atoms. The second kappa shape index (κ2) is 4.47. The Balaban J connectivity index is 1.69. The second-order valence-corrected chi connectivity index (χ2v) is 9.29. The van der Waals surface area contributed by atoms with E-state index in [0.717, 1.165) is 25.2 Å². The van der Waals surface area contributed by atoms with E-state index in [4.69, 9.17) is 0 Å². The lowest BCUT2D eigenvalue weighted by Crippen LogP contribution is -2.55. The lowest BCUT2D eigenvalue weighted by molar-refractivity contribution is -0.135. The summed E-state index contributed by atoms with van der Waals surface area (Å²) in [6.07, 6.45) is 11.9. The quantitative estimate of drug-likeness (QED) is 0.730. The van der Waals surface area contributed by atoms with Crippen molar-refractivity contribution in [3.63, 3.8) is 0 Å². The molecule has 4 aliphatic carbocycles. The van der Waals surface area contributed by atoms with Crippen LogP contribution in [-0.4, -0.2) is 16.5 Å². The van der Waals surface area contributed by atoms with Crippen LogP contribution >= 0.6 is 0 Å². The SMILES string of the molecule is C[C@]12C=CC(=O)C[C@@H]1CC[C@@H]1[C@H]2CC[C@@]2(C)[C@@H]1CC[C@]2(C)O. The molecule has 0 aromatic rings. The fraction of sp³-hybridized carbons (Fsp3) is 0.850. The number of aliphatic hydroxyl groups is 1. The van der Waals surface area contributed by atoms with E-state index in [9.17, 15) is 9.90 Å². The topological polar surface area (TPSA) is 37.3 Å². The van der Waals surface area contributed by atoms with Gasteiger partial charge in [0.15, 0.2) is 5.78 Å². The van der Waals surface area contributed by atoms with Crippen LogP contribution < -0.4 is 0 Å². The Morgan fingerprint density at radius 2 is 1.77 bits per heavy atom. The number of rotatable bonds is 0. The minimum Gasteiger partial charge on any atom is -0.390 e. The molecule has 0 saturated heterocycles. The summed E-state index contributed by atoms with van der Waals surface area (Å²) in [5.41, 5.74) is -0.170. The molecule has 3 fully saturated rings. The van der Waals surface area contributed by atoms with Gasteiger partial charge in [-0.25, -0.2) is 0 Å².